The maximum Gasteiger partial charge on any atom is 0.408 e. The van der Waals surface area contributed by atoms with E-state index in [0.29, 0.717) is 13.0 Å². The van der Waals surface area contributed by atoms with Crippen molar-refractivity contribution in [1.29, 1.82) is 0 Å². The molecule has 2 aliphatic heterocycles. The Kier molecular flexibility index (Phi) is 12.4. The third kappa shape index (κ3) is 9.48. The summed E-state index contributed by atoms with van der Waals surface area (Å²) in [5, 5.41) is 14.7. The van der Waals surface area contributed by atoms with E-state index in [-0.39, 0.29) is 50.3 Å². The van der Waals surface area contributed by atoms with Crippen molar-refractivity contribution in [2.75, 3.05) is 13.6 Å². The molecule has 2 heterocycles. The number of hydrogen-bond donors (Lipinski definition) is 2. The third-order valence-electron chi connectivity index (χ3n) is 11.6. The predicted octanol–water partition coefficient (Wildman–Crippen LogP) is 8.79. The van der Waals surface area contributed by atoms with E-state index in [1.54, 1.807) is 0 Å². The van der Waals surface area contributed by atoms with Gasteiger partial charge in [-0.05, 0) is 75.8 Å². The largest absolute Gasteiger partial charge is 0.445 e. The first kappa shape index (κ1) is 40.6. The SMILES string of the molecule is C[C@H](c1ccc2ccccc2c1)N(C)C[C@H]1C[C@@H](c2ccc(CO)cc2)O[C@@H](c2ccc(-c3cccc(CN4C(=O)CC(NC(=O)OCc5ccccc5)C4=O)c3)cc2)O1. The van der Waals surface area contributed by atoms with E-state index < -0.39 is 24.3 Å². The summed E-state index contributed by atoms with van der Waals surface area (Å²) in [4.78, 5) is 42.1. The first-order chi connectivity index (χ1) is 29.2. The number of likely N-dealkylation sites (tertiary alicyclic amines) is 1. The second-order valence-electron chi connectivity index (χ2n) is 15.7. The van der Waals surface area contributed by atoms with Gasteiger partial charge in [-0.15, -0.1) is 0 Å². The molecule has 6 aromatic rings. The number of nitrogens with one attached hydrogen (secondary N) is 1. The molecular weight excluding hydrogens is 755 g/mol. The summed E-state index contributed by atoms with van der Waals surface area (Å²) in [5.41, 5.74) is 7.48. The van der Waals surface area contributed by atoms with Crippen LogP contribution in [0.3, 0.4) is 0 Å². The number of alkyl carbamates (subject to hydrolysis) is 1. The summed E-state index contributed by atoms with van der Waals surface area (Å²) in [6.07, 6.45) is -1.15. The van der Waals surface area contributed by atoms with Crippen molar-refractivity contribution in [3.8, 4) is 11.1 Å². The highest BCUT2D eigenvalue weighted by Crippen LogP contribution is 2.39. The zero-order valence-corrected chi connectivity index (χ0v) is 33.8. The fourth-order valence-corrected chi connectivity index (χ4v) is 7.97. The number of likely N-dealkylation sites (N-methyl/N-ethyl adjacent to an activating group) is 1. The van der Waals surface area contributed by atoms with E-state index >= 15 is 0 Å². The Labute approximate surface area is 350 Å². The summed E-state index contributed by atoms with van der Waals surface area (Å²) >= 11 is 0. The van der Waals surface area contributed by atoms with Crippen LogP contribution in [-0.2, 0) is 43.6 Å². The molecule has 2 fully saturated rings. The van der Waals surface area contributed by atoms with Gasteiger partial charge in [0.2, 0.25) is 5.91 Å². The molecule has 0 spiro atoms. The molecule has 2 saturated heterocycles. The molecule has 6 aromatic carbocycles. The van der Waals surface area contributed by atoms with Gasteiger partial charge in [0.15, 0.2) is 6.29 Å². The molecule has 0 aromatic heterocycles. The monoisotopic (exact) mass is 803 g/mol. The standard InChI is InChI=1S/C50H49N3O7/c1-33(41-24-21-37-12-6-7-13-43(37)26-41)52(2)30-44-27-46(39-17-15-34(31-54)16-18-39)60-49(59-44)40-22-19-38(20-23-40)42-14-8-11-36(25-42)29-53-47(55)28-45(48(53)56)51-50(57)58-32-35-9-4-3-5-10-35/h3-26,33,44-46,49,54H,27-32H2,1-2H3,(H,51,57)/t33-,44-,45?,46+,49+/m1/s1. The second-order valence-corrected chi connectivity index (χ2v) is 15.7. The number of amides is 3. The molecule has 0 saturated carbocycles. The van der Waals surface area contributed by atoms with Gasteiger partial charge in [0, 0.05) is 24.6 Å². The number of nitrogens with zero attached hydrogens (tertiary/aromatic N) is 2. The lowest BCUT2D eigenvalue weighted by Crippen LogP contribution is -2.41. The lowest BCUT2D eigenvalue weighted by atomic mass is 9.98. The molecular formula is C50H49N3O7. The Morgan fingerprint density at radius 1 is 0.783 bits per heavy atom. The molecule has 0 radical (unpaired) electrons. The summed E-state index contributed by atoms with van der Waals surface area (Å²) in [6, 6.07) is 47.2. The zero-order chi connectivity index (χ0) is 41.6. The Bertz CT molecular complexity index is 2440. The number of fused-ring (bicyclic) bond motifs is 1. The van der Waals surface area contributed by atoms with Crippen molar-refractivity contribution in [2.45, 2.75) is 70.1 Å². The normalized spacial score (nSPS) is 19.8. The molecule has 0 aliphatic carbocycles. The van der Waals surface area contributed by atoms with Crippen LogP contribution < -0.4 is 5.32 Å². The van der Waals surface area contributed by atoms with Gasteiger partial charge >= 0.3 is 6.09 Å². The topological polar surface area (TPSA) is 118 Å². The quantitative estimate of drug-likeness (QED) is 0.111. The molecule has 3 amide bonds. The number of rotatable bonds is 13. The van der Waals surface area contributed by atoms with Crippen LogP contribution in [-0.4, -0.2) is 58.6 Å². The van der Waals surface area contributed by atoms with Gasteiger partial charge in [0.05, 0.1) is 31.8 Å². The van der Waals surface area contributed by atoms with Crippen molar-refractivity contribution in [1.82, 2.24) is 15.1 Å². The summed E-state index contributed by atoms with van der Waals surface area (Å²) in [5.74, 6) is -0.819. The summed E-state index contributed by atoms with van der Waals surface area (Å²) < 4.78 is 18.6. The third-order valence-corrected chi connectivity index (χ3v) is 11.6. The maximum absolute atomic E-state index is 13.2. The van der Waals surface area contributed by atoms with Crippen molar-refractivity contribution in [2.24, 2.45) is 0 Å². The average molecular weight is 804 g/mol. The minimum atomic E-state index is -0.978. The Hall–Kier alpha value is -6.17. The van der Waals surface area contributed by atoms with Crippen molar-refractivity contribution >= 4 is 28.7 Å². The van der Waals surface area contributed by atoms with Gasteiger partial charge in [0.25, 0.3) is 5.91 Å². The Morgan fingerprint density at radius 2 is 1.50 bits per heavy atom. The van der Waals surface area contributed by atoms with E-state index in [1.807, 2.05) is 103 Å². The van der Waals surface area contributed by atoms with Crippen molar-refractivity contribution in [3.63, 3.8) is 0 Å². The molecule has 1 unspecified atom stereocenters. The van der Waals surface area contributed by atoms with E-state index in [1.165, 1.54) is 21.2 Å². The smallest absolute Gasteiger partial charge is 0.408 e. The first-order valence-electron chi connectivity index (χ1n) is 20.4. The van der Waals surface area contributed by atoms with Gasteiger partial charge in [-0.25, -0.2) is 4.79 Å². The van der Waals surface area contributed by atoms with Crippen LogP contribution in [0.1, 0.15) is 71.6 Å². The lowest BCUT2D eigenvalue weighted by molar-refractivity contribution is -0.253. The second kappa shape index (κ2) is 18.4. The molecule has 306 valence electrons. The molecule has 8 rings (SSSR count). The number of imide groups is 1. The number of carbonyl (C=O) groups is 3. The van der Waals surface area contributed by atoms with E-state index in [9.17, 15) is 19.5 Å². The summed E-state index contributed by atoms with van der Waals surface area (Å²) in [7, 11) is 2.14. The van der Waals surface area contributed by atoms with Gasteiger partial charge < -0.3 is 24.6 Å². The summed E-state index contributed by atoms with van der Waals surface area (Å²) in [6.45, 7) is 3.04. The van der Waals surface area contributed by atoms with Crippen LogP contribution in [0.2, 0.25) is 0 Å². The molecule has 5 atom stereocenters. The molecule has 10 nitrogen and oxygen atoms in total. The first-order valence-corrected chi connectivity index (χ1v) is 20.4. The van der Waals surface area contributed by atoms with E-state index in [4.69, 9.17) is 14.2 Å². The number of benzene rings is 6. The lowest BCUT2D eigenvalue weighted by Gasteiger charge is -2.39. The fourth-order valence-electron chi connectivity index (χ4n) is 7.97. The highest BCUT2D eigenvalue weighted by atomic mass is 16.7. The van der Waals surface area contributed by atoms with E-state index in [0.717, 1.165) is 38.9 Å². The van der Waals surface area contributed by atoms with Crippen molar-refractivity contribution < 1.29 is 33.7 Å². The van der Waals surface area contributed by atoms with Crippen molar-refractivity contribution in [3.05, 3.63) is 179 Å². The van der Waals surface area contributed by atoms with Crippen LogP contribution in [0.4, 0.5) is 4.79 Å². The van der Waals surface area contributed by atoms with Gasteiger partial charge in [-0.1, -0.05) is 133 Å². The highest BCUT2D eigenvalue weighted by molar-refractivity contribution is 6.06. The Balaban J connectivity index is 0.933. The van der Waals surface area contributed by atoms with Crippen LogP contribution in [0.15, 0.2) is 146 Å². The van der Waals surface area contributed by atoms with Gasteiger partial charge in [0.1, 0.15) is 12.6 Å². The number of hydrogen-bond acceptors (Lipinski definition) is 8. The number of carbonyl (C=O) groups excluding carboxylic acids is 3. The zero-order valence-electron chi connectivity index (χ0n) is 33.8. The van der Waals surface area contributed by atoms with E-state index in [2.05, 4.69) is 66.7 Å². The van der Waals surface area contributed by atoms with Crippen LogP contribution in [0.25, 0.3) is 21.9 Å². The molecule has 10 heteroatoms. The fraction of sp³-hybridized carbons (Fsp3) is 0.260. The minimum Gasteiger partial charge on any atom is -0.445 e. The predicted molar refractivity (Wildman–Crippen MR) is 229 cm³/mol. The molecule has 2 N–H and O–H groups in total. The minimum absolute atomic E-state index is 0.0206. The number of aliphatic hydroxyl groups excluding tert-OH is 1. The van der Waals surface area contributed by atoms with Crippen LogP contribution in [0, 0.1) is 0 Å². The highest BCUT2D eigenvalue weighted by Gasteiger charge is 2.40. The van der Waals surface area contributed by atoms with Crippen LogP contribution in [0.5, 0.6) is 0 Å². The average Bonchev–Trinajstić information content (AvgIpc) is 3.55. The van der Waals surface area contributed by atoms with Crippen LogP contribution >= 0.6 is 0 Å². The number of ether oxygens (including phenoxy) is 3. The number of aliphatic hydroxyl groups is 1. The molecule has 2 aliphatic rings. The van der Waals surface area contributed by atoms with Gasteiger partial charge in [-0.2, -0.15) is 0 Å². The molecule has 0 bridgehead atoms. The van der Waals surface area contributed by atoms with Gasteiger partial charge in [-0.3, -0.25) is 19.4 Å². The Morgan fingerprint density at radius 3 is 2.27 bits per heavy atom. The molecule has 60 heavy (non-hydrogen) atoms. The maximum atomic E-state index is 13.2.